The molecule has 0 bridgehead atoms. The number of alkyl halides is 3. The van der Waals surface area contributed by atoms with Gasteiger partial charge in [0.25, 0.3) is 10.0 Å². The fraction of sp³-hybridized carbons (Fsp3) is 0.200. The minimum Gasteiger partial charge on any atom is -0.491 e. The van der Waals surface area contributed by atoms with Crippen molar-refractivity contribution in [3.63, 3.8) is 0 Å². The van der Waals surface area contributed by atoms with Crippen LogP contribution >= 0.6 is 0 Å². The van der Waals surface area contributed by atoms with Crippen molar-refractivity contribution in [2.24, 2.45) is 0 Å². The molecule has 0 aliphatic heterocycles. The first kappa shape index (κ1) is 18.8. The molecular weight excluding hydrogens is 366 g/mol. The number of hydrogen-bond donors (Lipinski definition) is 1. The van der Waals surface area contributed by atoms with Gasteiger partial charge in [0.1, 0.15) is 5.75 Å². The summed E-state index contributed by atoms with van der Waals surface area (Å²) in [6, 6.07) is 7.24. The predicted octanol–water partition coefficient (Wildman–Crippen LogP) is 3.92. The Balaban J connectivity index is 2.24. The van der Waals surface area contributed by atoms with Gasteiger partial charge in [-0.3, -0.25) is 4.72 Å². The van der Waals surface area contributed by atoms with Gasteiger partial charge in [-0.15, -0.1) is 13.2 Å². The van der Waals surface area contributed by atoms with Gasteiger partial charge >= 0.3 is 6.36 Å². The van der Waals surface area contributed by atoms with E-state index in [-0.39, 0.29) is 18.0 Å². The lowest BCUT2D eigenvalue weighted by atomic mass is 10.3. The summed E-state index contributed by atoms with van der Waals surface area (Å²) in [6.07, 6.45) is -4.95. The molecule has 0 heterocycles. The summed E-state index contributed by atoms with van der Waals surface area (Å²) < 4.78 is 85.6. The van der Waals surface area contributed by atoms with Gasteiger partial charge in [-0.1, -0.05) is 6.07 Å². The van der Waals surface area contributed by atoms with E-state index in [0.717, 1.165) is 24.3 Å². The Bertz CT molecular complexity index is 853. The van der Waals surface area contributed by atoms with Gasteiger partial charge in [-0.25, -0.2) is 12.8 Å². The zero-order valence-corrected chi connectivity index (χ0v) is 13.6. The van der Waals surface area contributed by atoms with E-state index in [1.54, 1.807) is 6.92 Å². The molecule has 0 aliphatic rings. The number of rotatable bonds is 6. The highest BCUT2D eigenvalue weighted by atomic mass is 32.2. The van der Waals surface area contributed by atoms with Crippen molar-refractivity contribution < 1.29 is 35.5 Å². The number of benzene rings is 2. The van der Waals surface area contributed by atoms with E-state index in [4.69, 9.17) is 4.74 Å². The normalized spacial score (nSPS) is 11.9. The second-order valence-electron chi connectivity index (χ2n) is 4.71. The van der Waals surface area contributed by atoms with Crippen LogP contribution in [0.4, 0.5) is 23.2 Å². The van der Waals surface area contributed by atoms with Crippen LogP contribution in [-0.4, -0.2) is 21.4 Å². The lowest BCUT2D eigenvalue weighted by Gasteiger charge is -2.12. The molecule has 2 aromatic rings. The molecule has 1 N–H and O–H groups in total. The van der Waals surface area contributed by atoms with Crippen LogP contribution in [0.5, 0.6) is 11.5 Å². The van der Waals surface area contributed by atoms with Crippen molar-refractivity contribution in [1.82, 2.24) is 0 Å². The first-order valence-corrected chi connectivity index (χ1v) is 8.40. The molecule has 0 radical (unpaired) electrons. The summed E-state index contributed by atoms with van der Waals surface area (Å²) in [6.45, 7) is 1.89. The van der Waals surface area contributed by atoms with Crippen LogP contribution in [-0.2, 0) is 10.0 Å². The summed E-state index contributed by atoms with van der Waals surface area (Å²) in [7, 11) is -4.24. The van der Waals surface area contributed by atoms with Crippen LogP contribution in [0.1, 0.15) is 6.92 Å². The average Bonchev–Trinajstić information content (AvgIpc) is 2.48. The van der Waals surface area contributed by atoms with Crippen molar-refractivity contribution >= 4 is 15.7 Å². The molecule has 25 heavy (non-hydrogen) atoms. The molecule has 2 aromatic carbocycles. The summed E-state index contributed by atoms with van der Waals surface area (Å²) >= 11 is 0. The second kappa shape index (κ2) is 7.18. The minimum absolute atomic E-state index is 0.0500. The van der Waals surface area contributed by atoms with Crippen LogP contribution in [0.2, 0.25) is 0 Å². The Hall–Kier alpha value is -2.49. The van der Waals surface area contributed by atoms with Gasteiger partial charge in [0, 0.05) is 12.1 Å². The molecule has 0 atom stereocenters. The number of sulfonamides is 1. The van der Waals surface area contributed by atoms with E-state index in [2.05, 4.69) is 9.46 Å². The molecule has 0 spiro atoms. The van der Waals surface area contributed by atoms with Gasteiger partial charge < -0.3 is 9.47 Å². The maximum atomic E-state index is 13.8. The molecule has 10 heteroatoms. The fourth-order valence-electron chi connectivity index (χ4n) is 1.89. The number of nitrogens with one attached hydrogen (secondary N) is 1. The smallest absolute Gasteiger partial charge is 0.491 e. The van der Waals surface area contributed by atoms with Crippen molar-refractivity contribution in [2.45, 2.75) is 18.2 Å². The highest BCUT2D eigenvalue weighted by Gasteiger charge is 2.31. The molecule has 5 nitrogen and oxygen atoms in total. The lowest BCUT2D eigenvalue weighted by Crippen LogP contribution is -2.18. The molecule has 0 saturated heterocycles. The molecule has 0 aliphatic carbocycles. The van der Waals surface area contributed by atoms with E-state index < -0.39 is 32.8 Å². The number of hydrogen-bond acceptors (Lipinski definition) is 4. The van der Waals surface area contributed by atoms with Crippen LogP contribution < -0.4 is 14.2 Å². The molecule has 0 fully saturated rings. The van der Waals surface area contributed by atoms with E-state index in [1.807, 2.05) is 0 Å². The SMILES string of the molecule is CCOc1ccc(NS(=O)(=O)c2cccc(OC(F)(F)F)c2)cc1F. The predicted molar refractivity (Wildman–Crippen MR) is 81.5 cm³/mol. The van der Waals surface area contributed by atoms with Gasteiger partial charge in [-0.05, 0) is 31.2 Å². The van der Waals surface area contributed by atoms with Crippen molar-refractivity contribution in [3.8, 4) is 11.5 Å². The number of anilines is 1. The van der Waals surface area contributed by atoms with Crippen molar-refractivity contribution in [2.75, 3.05) is 11.3 Å². The number of halogens is 4. The molecule has 0 aromatic heterocycles. The van der Waals surface area contributed by atoms with Gasteiger partial charge in [0.05, 0.1) is 17.2 Å². The van der Waals surface area contributed by atoms with Crippen LogP contribution in [0, 0.1) is 5.82 Å². The second-order valence-corrected chi connectivity index (χ2v) is 6.39. The summed E-state index contributed by atoms with van der Waals surface area (Å²) in [5.74, 6) is -1.52. The van der Waals surface area contributed by atoms with Crippen molar-refractivity contribution in [1.29, 1.82) is 0 Å². The van der Waals surface area contributed by atoms with Crippen LogP contribution in [0.15, 0.2) is 47.4 Å². The number of ether oxygens (including phenoxy) is 2. The zero-order valence-electron chi connectivity index (χ0n) is 12.8. The fourth-order valence-corrected chi connectivity index (χ4v) is 2.97. The Labute approximate surface area is 141 Å². The lowest BCUT2D eigenvalue weighted by molar-refractivity contribution is -0.274. The average molecular weight is 379 g/mol. The quantitative estimate of drug-likeness (QED) is 0.773. The highest BCUT2D eigenvalue weighted by Crippen LogP contribution is 2.27. The largest absolute Gasteiger partial charge is 0.573 e. The third-order valence-electron chi connectivity index (χ3n) is 2.83. The van der Waals surface area contributed by atoms with Gasteiger partial charge in [0.2, 0.25) is 0 Å². The maximum Gasteiger partial charge on any atom is 0.573 e. The minimum atomic E-state index is -4.95. The monoisotopic (exact) mass is 379 g/mol. The molecular formula is C15H13F4NO4S. The molecule has 0 saturated carbocycles. The Morgan fingerprint density at radius 1 is 1.12 bits per heavy atom. The third kappa shape index (κ3) is 5.24. The summed E-state index contributed by atoms with van der Waals surface area (Å²) in [5, 5.41) is 0. The zero-order chi connectivity index (χ0) is 18.7. The van der Waals surface area contributed by atoms with Crippen LogP contribution in [0.25, 0.3) is 0 Å². The Morgan fingerprint density at radius 3 is 2.44 bits per heavy atom. The first-order chi connectivity index (χ1) is 11.6. The van der Waals surface area contributed by atoms with Gasteiger partial charge in [0.15, 0.2) is 11.6 Å². The highest BCUT2D eigenvalue weighted by molar-refractivity contribution is 7.92. The summed E-state index contributed by atoms with van der Waals surface area (Å²) in [5.41, 5.74) is -0.108. The molecule has 2 rings (SSSR count). The Kier molecular flexibility index (Phi) is 5.41. The van der Waals surface area contributed by atoms with E-state index in [0.29, 0.717) is 6.07 Å². The third-order valence-corrected chi connectivity index (χ3v) is 4.21. The van der Waals surface area contributed by atoms with Gasteiger partial charge in [-0.2, -0.15) is 0 Å². The molecule has 0 unspecified atom stereocenters. The van der Waals surface area contributed by atoms with E-state index in [9.17, 15) is 26.0 Å². The standard InChI is InChI=1S/C15H13F4NO4S/c1-2-23-14-7-6-10(8-13(14)16)20-25(21,22)12-5-3-4-11(9-12)24-15(17,18)19/h3-9,20H,2H2,1H3. The molecule has 136 valence electrons. The van der Waals surface area contributed by atoms with E-state index in [1.165, 1.54) is 12.1 Å². The Morgan fingerprint density at radius 2 is 1.84 bits per heavy atom. The topological polar surface area (TPSA) is 64.6 Å². The van der Waals surface area contributed by atoms with E-state index >= 15 is 0 Å². The van der Waals surface area contributed by atoms with Crippen LogP contribution in [0.3, 0.4) is 0 Å². The maximum absolute atomic E-state index is 13.8. The summed E-state index contributed by atoms with van der Waals surface area (Å²) in [4.78, 5) is -0.469. The molecule has 0 amide bonds. The van der Waals surface area contributed by atoms with Crippen molar-refractivity contribution in [3.05, 3.63) is 48.3 Å². The first-order valence-electron chi connectivity index (χ1n) is 6.92.